The number of benzene rings is 1. The third-order valence-electron chi connectivity index (χ3n) is 4.28. The molecule has 116 valence electrons. The molecule has 1 unspecified atom stereocenters. The number of carbonyl (C=O) groups excluding carboxylic acids is 1. The second-order valence-electron chi connectivity index (χ2n) is 6.40. The molecule has 0 spiro atoms. The first-order valence-electron chi connectivity index (χ1n) is 7.78. The number of amides is 1. The Morgan fingerprint density at radius 1 is 1.29 bits per heavy atom. The topological polar surface area (TPSA) is 55.1 Å². The summed E-state index contributed by atoms with van der Waals surface area (Å²) in [7, 11) is 0. The van der Waals surface area contributed by atoms with Crippen LogP contribution in [0.5, 0.6) is 0 Å². The molecule has 1 aliphatic carbocycles. The molecular formula is C17H25ClN2O. The normalized spacial score (nSPS) is 23.9. The van der Waals surface area contributed by atoms with Gasteiger partial charge in [-0.2, -0.15) is 0 Å². The fourth-order valence-electron chi connectivity index (χ4n) is 3.09. The summed E-state index contributed by atoms with van der Waals surface area (Å²) < 4.78 is 0. The molecule has 0 radical (unpaired) electrons. The van der Waals surface area contributed by atoms with Crippen molar-refractivity contribution in [2.45, 2.75) is 57.5 Å². The van der Waals surface area contributed by atoms with Crippen LogP contribution < -0.4 is 11.1 Å². The van der Waals surface area contributed by atoms with Gasteiger partial charge in [-0.05, 0) is 49.3 Å². The third kappa shape index (κ3) is 4.45. The van der Waals surface area contributed by atoms with Gasteiger partial charge in [0, 0.05) is 17.1 Å². The summed E-state index contributed by atoms with van der Waals surface area (Å²) in [6.45, 7) is 4.14. The van der Waals surface area contributed by atoms with E-state index in [1.54, 1.807) is 0 Å². The highest BCUT2D eigenvalue weighted by atomic mass is 35.5. The molecule has 21 heavy (non-hydrogen) atoms. The Kier molecular flexibility index (Phi) is 5.65. The van der Waals surface area contributed by atoms with Crippen LogP contribution in [0.3, 0.4) is 0 Å². The quantitative estimate of drug-likeness (QED) is 0.895. The van der Waals surface area contributed by atoms with Gasteiger partial charge >= 0.3 is 0 Å². The van der Waals surface area contributed by atoms with E-state index in [-0.39, 0.29) is 23.8 Å². The van der Waals surface area contributed by atoms with Gasteiger partial charge in [-0.3, -0.25) is 4.79 Å². The van der Waals surface area contributed by atoms with E-state index in [0.717, 1.165) is 31.2 Å². The van der Waals surface area contributed by atoms with Gasteiger partial charge in [-0.15, -0.1) is 0 Å². The molecule has 0 aromatic heterocycles. The molecule has 2 rings (SSSR count). The van der Waals surface area contributed by atoms with Crippen LogP contribution in [0.15, 0.2) is 24.3 Å². The molecule has 1 aromatic carbocycles. The molecule has 0 heterocycles. The lowest BCUT2D eigenvalue weighted by molar-refractivity contribution is -0.124. The molecule has 4 heteroatoms. The van der Waals surface area contributed by atoms with E-state index >= 15 is 0 Å². The largest absolute Gasteiger partial charge is 0.353 e. The third-order valence-corrected chi connectivity index (χ3v) is 4.51. The second kappa shape index (κ2) is 7.28. The first-order valence-corrected chi connectivity index (χ1v) is 8.16. The molecule has 1 saturated carbocycles. The van der Waals surface area contributed by atoms with Gasteiger partial charge in [0.05, 0.1) is 5.92 Å². The lowest BCUT2D eigenvalue weighted by Gasteiger charge is -2.29. The van der Waals surface area contributed by atoms with Crippen LogP contribution in [0.25, 0.3) is 0 Å². The lowest BCUT2D eigenvalue weighted by atomic mass is 9.86. The van der Waals surface area contributed by atoms with E-state index < -0.39 is 0 Å². The number of hydrogen-bond acceptors (Lipinski definition) is 2. The molecule has 3 N–H and O–H groups in total. The Balaban J connectivity index is 2.06. The highest BCUT2D eigenvalue weighted by Gasteiger charge is 2.27. The average Bonchev–Trinajstić information content (AvgIpc) is 2.41. The fraction of sp³-hybridized carbons (Fsp3) is 0.588. The maximum atomic E-state index is 12.7. The highest BCUT2D eigenvalue weighted by Crippen LogP contribution is 2.28. The minimum Gasteiger partial charge on any atom is -0.353 e. The van der Waals surface area contributed by atoms with Crippen molar-refractivity contribution >= 4 is 17.5 Å². The molecule has 1 aliphatic rings. The maximum absolute atomic E-state index is 12.7. The van der Waals surface area contributed by atoms with Gasteiger partial charge in [0.25, 0.3) is 0 Å². The first kappa shape index (κ1) is 16.3. The predicted octanol–water partition coefficient (Wildman–Crippen LogP) is 3.47. The van der Waals surface area contributed by atoms with Gasteiger partial charge in [0.2, 0.25) is 5.91 Å². The van der Waals surface area contributed by atoms with Gasteiger partial charge in [-0.25, -0.2) is 0 Å². The highest BCUT2D eigenvalue weighted by molar-refractivity contribution is 6.30. The molecule has 1 atom stereocenters. The van der Waals surface area contributed by atoms with Crippen molar-refractivity contribution in [3.63, 3.8) is 0 Å². The summed E-state index contributed by atoms with van der Waals surface area (Å²) >= 11 is 6.06. The van der Waals surface area contributed by atoms with Crippen molar-refractivity contribution in [3.05, 3.63) is 34.9 Å². The standard InChI is InChI=1S/C17H25ClN2O/c1-11(2)16(12-4-3-5-13(18)10-12)17(21)20-15-8-6-14(19)7-9-15/h3-5,10-11,14-16H,6-9,19H2,1-2H3,(H,20,21). The van der Waals surface area contributed by atoms with Crippen LogP contribution in [-0.2, 0) is 4.79 Å². The van der Waals surface area contributed by atoms with E-state index in [1.807, 2.05) is 24.3 Å². The minimum atomic E-state index is -0.153. The van der Waals surface area contributed by atoms with Crippen molar-refractivity contribution in [1.82, 2.24) is 5.32 Å². The molecule has 1 fully saturated rings. The van der Waals surface area contributed by atoms with Crippen molar-refractivity contribution in [2.24, 2.45) is 11.7 Å². The van der Waals surface area contributed by atoms with Gasteiger partial charge < -0.3 is 11.1 Å². The molecule has 0 bridgehead atoms. The van der Waals surface area contributed by atoms with E-state index in [0.29, 0.717) is 11.1 Å². The Morgan fingerprint density at radius 2 is 1.95 bits per heavy atom. The lowest BCUT2D eigenvalue weighted by Crippen LogP contribution is -2.43. The Labute approximate surface area is 132 Å². The Hall–Kier alpha value is -1.06. The van der Waals surface area contributed by atoms with Crippen LogP contribution in [0.1, 0.15) is 51.0 Å². The second-order valence-corrected chi connectivity index (χ2v) is 6.83. The zero-order valence-corrected chi connectivity index (χ0v) is 13.6. The monoisotopic (exact) mass is 308 g/mol. The van der Waals surface area contributed by atoms with Crippen molar-refractivity contribution < 1.29 is 4.79 Å². The van der Waals surface area contributed by atoms with Crippen molar-refractivity contribution in [2.75, 3.05) is 0 Å². The predicted molar refractivity (Wildman–Crippen MR) is 87.4 cm³/mol. The van der Waals surface area contributed by atoms with Gasteiger partial charge in [-0.1, -0.05) is 37.6 Å². The van der Waals surface area contributed by atoms with E-state index in [9.17, 15) is 4.79 Å². The number of halogens is 1. The molecule has 0 aliphatic heterocycles. The SMILES string of the molecule is CC(C)C(C(=O)NC1CCC(N)CC1)c1cccc(Cl)c1. The minimum absolute atomic E-state index is 0.104. The Bertz CT molecular complexity index is 481. The molecule has 1 amide bonds. The van der Waals surface area contributed by atoms with Crippen LogP contribution in [0, 0.1) is 5.92 Å². The van der Waals surface area contributed by atoms with Crippen LogP contribution in [0.2, 0.25) is 5.02 Å². The summed E-state index contributed by atoms with van der Waals surface area (Å²) in [4.78, 5) is 12.7. The maximum Gasteiger partial charge on any atom is 0.228 e. The zero-order chi connectivity index (χ0) is 15.4. The van der Waals surface area contributed by atoms with Crippen LogP contribution in [0.4, 0.5) is 0 Å². The van der Waals surface area contributed by atoms with E-state index in [2.05, 4.69) is 19.2 Å². The number of hydrogen-bond donors (Lipinski definition) is 2. The Morgan fingerprint density at radius 3 is 2.52 bits per heavy atom. The van der Waals surface area contributed by atoms with E-state index in [1.165, 1.54) is 0 Å². The average molecular weight is 309 g/mol. The summed E-state index contributed by atoms with van der Waals surface area (Å²) in [6.07, 6.45) is 3.95. The number of nitrogens with two attached hydrogens (primary N) is 1. The van der Waals surface area contributed by atoms with Crippen LogP contribution in [-0.4, -0.2) is 18.0 Å². The zero-order valence-electron chi connectivity index (χ0n) is 12.8. The summed E-state index contributed by atoms with van der Waals surface area (Å²) in [6, 6.07) is 8.17. The van der Waals surface area contributed by atoms with E-state index in [4.69, 9.17) is 17.3 Å². The molecule has 1 aromatic rings. The van der Waals surface area contributed by atoms with Crippen LogP contribution >= 0.6 is 11.6 Å². The fourth-order valence-corrected chi connectivity index (χ4v) is 3.29. The van der Waals surface area contributed by atoms with Crippen molar-refractivity contribution in [1.29, 1.82) is 0 Å². The van der Waals surface area contributed by atoms with Gasteiger partial charge in [0.15, 0.2) is 0 Å². The molecule has 0 saturated heterocycles. The number of carbonyl (C=O) groups is 1. The smallest absolute Gasteiger partial charge is 0.228 e. The molecular weight excluding hydrogens is 284 g/mol. The number of nitrogens with one attached hydrogen (secondary N) is 1. The molecule has 3 nitrogen and oxygen atoms in total. The summed E-state index contributed by atoms with van der Waals surface area (Å²) in [5, 5.41) is 3.88. The number of rotatable bonds is 4. The van der Waals surface area contributed by atoms with Gasteiger partial charge in [0.1, 0.15) is 0 Å². The van der Waals surface area contributed by atoms with Crippen molar-refractivity contribution in [3.8, 4) is 0 Å². The summed E-state index contributed by atoms with van der Waals surface area (Å²) in [5.74, 6) is 0.182. The summed E-state index contributed by atoms with van der Waals surface area (Å²) in [5.41, 5.74) is 6.90. The first-order chi connectivity index (χ1) is 9.97.